The first kappa shape index (κ1) is 14.1. The molecule has 1 amide bonds. The van der Waals surface area contributed by atoms with Gasteiger partial charge >= 0.3 is 6.03 Å². The fraction of sp³-hybridized carbons (Fsp3) is 0.176. The highest BCUT2D eigenvalue weighted by Crippen LogP contribution is 2.15. The molecule has 0 spiro atoms. The summed E-state index contributed by atoms with van der Waals surface area (Å²) in [6.45, 7) is 2.41. The van der Waals surface area contributed by atoms with Crippen molar-refractivity contribution in [3.05, 3.63) is 59.8 Å². The number of ether oxygens (including phenoxy) is 1. The van der Waals surface area contributed by atoms with Gasteiger partial charge in [0.2, 0.25) is 0 Å². The first-order valence-electron chi connectivity index (χ1n) is 7.03. The molecule has 1 heterocycles. The Bertz CT molecular complexity index is 824. The molecule has 0 aliphatic carbocycles. The Hall–Kier alpha value is -2.82. The van der Waals surface area contributed by atoms with Crippen molar-refractivity contribution in [1.29, 1.82) is 0 Å². The van der Waals surface area contributed by atoms with Crippen LogP contribution in [0.25, 0.3) is 10.9 Å². The van der Waals surface area contributed by atoms with E-state index in [0.29, 0.717) is 6.54 Å². The zero-order chi connectivity index (χ0) is 15.5. The molecular formula is C17H17N3O2. The molecule has 3 rings (SSSR count). The molecule has 112 valence electrons. The molecule has 3 aromatic rings. The predicted octanol–water partition coefficient (Wildman–Crippen LogP) is 3.11. The number of benzene rings is 2. The van der Waals surface area contributed by atoms with E-state index in [0.717, 1.165) is 27.8 Å². The van der Waals surface area contributed by atoms with E-state index in [1.54, 1.807) is 13.3 Å². The maximum Gasteiger partial charge on any atom is 0.342 e. The average molecular weight is 295 g/mol. The number of hydrogen-bond acceptors (Lipinski definition) is 3. The van der Waals surface area contributed by atoms with E-state index in [-0.39, 0.29) is 6.03 Å². The highest BCUT2D eigenvalue weighted by atomic mass is 16.5. The number of rotatable bonds is 3. The molecule has 0 bridgehead atoms. The zero-order valence-electron chi connectivity index (χ0n) is 12.5. The predicted molar refractivity (Wildman–Crippen MR) is 85.1 cm³/mol. The van der Waals surface area contributed by atoms with Crippen LogP contribution in [0.5, 0.6) is 5.75 Å². The second-order valence-electron chi connectivity index (χ2n) is 5.13. The lowest BCUT2D eigenvalue weighted by Gasteiger charge is -2.07. The summed E-state index contributed by atoms with van der Waals surface area (Å²) in [7, 11) is 1.62. The molecule has 0 atom stereocenters. The summed E-state index contributed by atoms with van der Waals surface area (Å²) < 4.78 is 6.57. The Kier molecular flexibility index (Phi) is 3.78. The van der Waals surface area contributed by atoms with Gasteiger partial charge in [0.25, 0.3) is 0 Å². The Morgan fingerprint density at radius 1 is 1.27 bits per heavy atom. The van der Waals surface area contributed by atoms with E-state index in [2.05, 4.69) is 10.4 Å². The molecule has 1 N–H and O–H groups in total. The molecule has 0 fully saturated rings. The molecule has 0 saturated carbocycles. The van der Waals surface area contributed by atoms with Crippen LogP contribution in [-0.4, -0.2) is 22.9 Å². The van der Waals surface area contributed by atoms with Crippen molar-refractivity contribution in [2.24, 2.45) is 0 Å². The maximum atomic E-state index is 12.3. The minimum Gasteiger partial charge on any atom is -0.497 e. The van der Waals surface area contributed by atoms with Crippen LogP contribution in [0.4, 0.5) is 4.79 Å². The smallest absolute Gasteiger partial charge is 0.342 e. The number of amides is 1. The van der Waals surface area contributed by atoms with Crippen molar-refractivity contribution in [3.63, 3.8) is 0 Å². The van der Waals surface area contributed by atoms with Gasteiger partial charge < -0.3 is 10.1 Å². The van der Waals surface area contributed by atoms with Crippen molar-refractivity contribution in [3.8, 4) is 5.75 Å². The van der Waals surface area contributed by atoms with Crippen LogP contribution >= 0.6 is 0 Å². The molecule has 0 aliphatic heterocycles. The lowest BCUT2D eigenvalue weighted by molar-refractivity contribution is 0.240. The normalized spacial score (nSPS) is 10.6. The standard InChI is InChI=1S/C17H17N3O2/c1-12-6-7-14-11-19-20(16(14)8-12)17(21)18-10-13-4-3-5-15(9-13)22-2/h3-9,11H,10H2,1-2H3,(H,18,21). The largest absolute Gasteiger partial charge is 0.497 e. The van der Waals surface area contributed by atoms with Crippen LogP contribution in [0, 0.1) is 6.92 Å². The van der Waals surface area contributed by atoms with Gasteiger partial charge in [-0.15, -0.1) is 0 Å². The fourth-order valence-corrected chi connectivity index (χ4v) is 2.33. The fourth-order valence-electron chi connectivity index (χ4n) is 2.33. The molecule has 1 aromatic heterocycles. The van der Waals surface area contributed by atoms with Gasteiger partial charge in [0.1, 0.15) is 5.75 Å². The number of carbonyl (C=O) groups excluding carboxylic acids is 1. The number of aromatic nitrogens is 2. The Morgan fingerprint density at radius 3 is 2.95 bits per heavy atom. The maximum absolute atomic E-state index is 12.3. The van der Waals surface area contributed by atoms with Crippen molar-refractivity contribution >= 4 is 16.9 Å². The van der Waals surface area contributed by atoms with Crippen LogP contribution in [0.1, 0.15) is 11.1 Å². The summed E-state index contributed by atoms with van der Waals surface area (Å²) in [6, 6.07) is 13.3. The molecule has 0 aliphatic rings. The number of nitrogens with zero attached hydrogens (tertiary/aromatic N) is 2. The van der Waals surface area contributed by atoms with E-state index in [9.17, 15) is 4.79 Å². The van der Waals surface area contributed by atoms with Gasteiger partial charge in [-0.05, 0) is 36.2 Å². The topological polar surface area (TPSA) is 56.1 Å². The number of nitrogens with one attached hydrogen (secondary N) is 1. The van der Waals surface area contributed by atoms with Crippen molar-refractivity contribution in [1.82, 2.24) is 15.1 Å². The van der Waals surface area contributed by atoms with Gasteiger partial charge in [0.15, 0.2) is 0 Å². The van der Waals surface area contributed by atoms with Crippen LogP contribution < -0.4 is 10.1 Å². The average Bonchev–Trinajstić information content (AvgIpc) is 2.96. The summed E-state index contributed by atoms with van der Waals surface area (Å²) in [6.07, 6.45) is 1.69. The zero-order valence-corrected chi connectivity index (χ0v) is 12.5. The second-order valence-corrected chi connectivity index (χ2v) is 5.13. The van der Waals surface area contributed by atoms with Crippen LogP contribution in [-0.2, 0) is 6.54 Å². The van der Waals surface area contributed by atoms with E-state index in [1.807, 2.05) is 49.4 Å². The van der Waals surface area contributed by atoms with Crippen LogP contribution in [0.2, 0.25) is 0 Å². The summed E-state index contributed by atoms with van der Waals surface area (Å²) >= 11 is 0. The van der Waals surface area contributed by atoms with Crippen LogP contribution in [0.3, 0.4) is 0 Å². The summed E-state index contributed by atoms with van der Waals surface area (Å²) in [5.41, 5.74) is 2.87. The third kappa shape index (κ3) is 2.79. The van der Waals surface area contributed by atoms with Gasteiger partial charge in [-0.1, -0.05) is 24.3 Å². The van der Waals surface area contributed by atoms with Gasteiger partial charge in [-0.2, -0.15) is 9.78 Å². The van der Waals surface area contributed by atoms with Crippen molar-refractivity contribution in [2.75, 3.05) is 7.11 Å². The minimum atomic E-state index is -0.247. The van der Waals surface area contributed by atoms with Crippen LogP contribution in [0.15, 0.2) is 48.7 Å². The number of fused-ring (bicyclic) bond motifs is 1. The minimum absolute atomic E-state index is 0.247. The van der Waals surface area contributed by atoms with E-state index >= 15 is 0 Å². The lowest BCUT2D eigenvalue weighted by atomic mass is 10.2. The summed E-state index contributed by atoms with van der Waals surface area (Å²) in [4.78, 5) is 12.3. The van der Waals surface area contributed by atoms with E-state index < -0.39 is 0 Å². The Morgan fingerprint density at radius 2 is 2.14 bits per heavy atom. The van der Waals surface area contributed by atoms with Crippen molar-refractivity contribution < 1.29 is 9.53 Å². The molecule has 2 aromatic carbocycles. The molecule has 0 saturated heterocycles. The number of methoxy groups -OCH3 is 1. The first-order valence-corrected chi connectivity index (χ1v) is 7.03. The highest BCUT2D eigenvalue weighted by Gasteiger charge is 2.10. The third-order valence-electron chi connectivity index (χ3n) is 3.50. The van der Waals surface area contributed by atoms with Crippen molar-refractivity contribution in [2.45, 2.75) is 13.5 Å². The summed E-state index contributed by atoms with van der Waals surface area (Å²) in [5, 5.41) is 7.98. The van der Waals surface area contributed by atoms with Gasteiger partial charge in [0, 0.05) is 11.9 Å². The molecule has 5 nitrogen and oxygen atoms in total. The highest BCUT2D eigenvalue weighted by molar-refractivity contribution is 5.90. The van der Waals surface area contributed by atoms with Gasteiger partial charge in [-0.25, -0.2) is 4.79 Å². The van der Waals surface area contributed by atoms with E-state index in [1.165, 1.54) is 4.68 Å². The first-order chi connectivity index (χ1) is 10.7. The summed E-state index contributed by atoms with van der Waals surface area (Å²) in [5.74, 6) is 0.770. The Labute approximate surface area is 128 Å². The molecule has 0 radical (unpaired) electrons. The SMILES string of the molecule is COc1cccc(CNC(=O)n2ncc3ccc(C)cc32)c1. The number of aryl methyl sites for hydroxylation is 1. The number of hydrogen-bond donors (Lipinski definition) is 1. The Balaban J connectivity index is 1.77. The monoisotopic (exact) mass is 295 g/mol. The van der Waals surface area contributed by atoms with Gasteiger partial charge in [-0.3, -0.25) is 0 Å². The van der Waals surface area contributed by atoms with Gasteiger partial charge in [0.05, 0.1) is 18.8 Å². The molecular weight excluding hydrogens is 278 g/mol. The number of carbonyl (C=O) groups is 1. The third-order valence-corrected chi connectivity index (χ3v) is 3.50. The lowest BCUT2D eigenvalue weighted by Crippen LogP contribution is -2.28. The molecule has 0 unspecified atom stereocenters. The molecule has 22 heavy (non-hydrogen) atoms. The molecule has 5 heteroatoms. The second kappa shape index (κ2) is 5.89. The van der Waals surface area contributed by atoms with E-state index in [4.69, 9.17) is 4.74 Å². The quantitative estimate of drug-likeness (QED) is 0.807.